The Balaban J connectivity index is 2.23. The molecule has 0 amide bonds. The largest absolute Gasteiger partial charge is 0.337 e. The van der Waals surface area contributed by atoms with Crippen molar-refractivity contribution >= 4 is 10.8 Å². The van der Waals surface area contributed by atoms with Crippen LogP contribution in [0.2, 0.25) is 0 Å². The first-order valence-corrected chi connectivity index (χ1v) is 6.16. The Morgan fingerprint density at radius 2 is 1.95 bits per heavy atom. The number of hydrogen-bond donors (Lipinski definition) is 0. The zero-order valence-electron chi connectivity index (χ0n) is 10.6. The molecule has 92 valence electrons. The van der Waals surface area contributed by atoms with Gasteiger partial charge >= 0.3 is 0 Å². The van der Waals surface area contributed by atoms with Crippen molar-refractivity contribution in [1.82, 2.24) is 9.55 Å². The summed E-state index contributed by atoms with van der Waals surface area (Å²) < 4.78 is 1.90. The van der Waals surface area contributed by atoms with Gasteiger partial charge in [0.05, 0.1) is 6.07 Å². The van der Waals surface area contributed by atoms with Crippen molar-refractivity contribution in [3.05, 3.63) is 66.2 Å². The predicted octanol–water partition coefficient (Wildman–Crippen LogP) is 3.23. The molecule has 3 nitrogen and oxygen atoms in total. The number of rotatable bonds is 2. The second-order valence-electron chi connectivity index (χ2n) is 4.53. The van der Waals surface area contributed by atoms with Gasteiger partial charge in [0.25, 0.3) is 0 Å². The van der Waals surface area contributed by atoms with Gasteiger partial charge in [-0.2, -0.15) is 5.26 Å². The summed E-state index contributed by atoms with van der Waals surface area (Å²) in [6, 6.07) is 16.5. The van der Waals surface area contributed by atoms with Gasteiger partial charge in [-0.3, -0.25) is 0 Å². The second-order valence-corrected chi connectivity index (χ2v) is 4.53. The van der Waals surface area contributed by atoms with Crippen molar-refractivity contribution < 1.29 is 0 Å². The summed E-state index contributed by atoms with van der Waals surface area (Å²) in [5.74, 6) is 0.435. The fraction of sp³-hybridized carbons (Fsp3) is 0.125. The smallest absolute Gasteiger partial charge is 0.130 e. The lowest BCUT2D eigenvalue weighted by Crippen LogP contribution is -2.06. The average molecular weight is 247 g/mol. The van der Waals surface area contributed by atoms with Crippen molar-refractivity contribution in [2.75, 3.05) is 0 Å². The molecule has 0 aliphatic carbocycles. The van der Waals surface area contributed by atoms with Crippen LogP contribution >= 0.6 is 0 Å². The van der Waals surface area contributed by atoms with Gasteiger partial charge in [0, 0.05) is 19.4 Å². The summed E-state index contributed by atoms with van der Waals surface area (Å²) in [6.07, 6.45) is 3.59. The maximum atomic E-state index is 9.53. The van der Waals surface area contributed by atoms with Crippen LogP contribution in [-0.2, 0) is 7.05 Å². The molecule has 1 atom stereocenters. The number of nitriles is 1. The number of benzene rings is 2. The first-order valence-electron chi connectivity index (χ1n) is 6.16. The van der Waals surface area contributed by atoms with Crippen molar-refractivity contribution in [3.8, 4) is 6.07 Å². The van der Waals surface area contributed by atoms with Crippen LogP contribution in [0.15, 0.2) is 54.9 Å². The number of imidazole rings is 1. The third-order valence-electron chi connectivity index (χ3n) is 3.38. The Morgan fingerprint density at radius 3 is 2.68 bits per heavy atom. The van der Waals surface area contributed by atoms with E-state index >= 15 is 0 Å². The summed E-state index contributed by atoms with van der Waals surface area (Å²) in [5.41, 5.74) is 1.01. The third kappa shape index (κ3) is 1.88. The van der Waals surface area contributed by atoms with E-state index in [0.29, 0.717) is 0 Å². The summed E-state index contributed by atoms with van der Waals surface area (Å²) in [7, 11) is 1.91. The minimum absolute atomic E-state index is 0.342. The highest BCUT2D eigenvalue weighted by atomic mass is 15.0. The van der Waals surface area contributed by atoms with E-state index in [1.54, 1.807) is 6.20 Å². The van der Waals surface area contributed by atoms with Gasteiger partial charge < -0.3 is 4.57 Å². The maximum absolute atomic E-state index is 9.53. The van der Waals surface area contributed by atoms with E-state index in [1.807, 2.05) is 42.1 Å². The Kier molecular flexibility index (Phi) is 2.77. The van der Waals surface area contributed by atoms with Crippen LogP contribution < -0.4 is 0 Å². The highest BCUT2D eigenvalue weighted by Gasteiger charge is 2.19. The van der Waals surface area contributed by atoms with Gasteiger partial charge in [0.15, 0.2) is 0 Å². The minimum atomic E-state index is -0.342. The minimum Gasteiger partial charge on any atom is -0.337 e. The monoisotopic (exact) mass is 247 g/mol. The number of hydrogen-bond acceptors (Lipinski definition) is 2. The lowest BCUT2D eigenvalue weighted by atomic mass is 9.94. The number of aromatic nitrogens is 2. The molecule has 1 unspecified atom stereocenters. The summed E-state index contributed by atoms with van der Waals surface area (Å²) in [4.78, 5) is 4.31. The van der Waals surface area contributed by atoms with Crippen molar-refractivity contribution in [2.24, 2.45) is 7.05 Å². The van der Waals surface area contributed by atoms with Crippen LogP contribution in [-0.4, -0.2) is 9.55 Å². The van der Waals surface area contributed by atoms with E-state index in [9.17, 15) is 5.26 Å². The lowest BCUT2D eigenvalue weighted by molar-refractivity contribution is 0.786. The van der Waals surface area contributed by atoms with Crippen molar-refractivity contribution in [2.45, 2.75) is 5.92 Å². The molecule has 0 spiro atoms. The van der Waals surface area contributed by atoms with E-state index in [-0.39, 0.29) is 5.92 Å². The standard InChI is InChI=1S/C16H13N3/c1-19-10-9-18-16(19)15(11-17)14-8-4-6-12-5-2-3-7-13(12)14/h2-10,15H,1H3. The van der Waals surface area contributed by atoms with Crippen molar-refractivity contribution in [1.29, 1.82) is 5.26 Å². The first kappa shape index (κ1) is 11.5. The summed E-state index contributed by atoms with van der Waals surface area (Å²) in [5, 5.41) is 11.8. The molecule has 0 saturated carbocycles. The fourth-order valence-electron chi connectivity index (χ4n) is 2.42. The summed E-state index contributed by atoms with van der Waals surface area (Å²) in [6.45, 7) is 0. The van der Waals surface area contributed by atoms with Gasteiger partial charge in [0.2, 0.25) is 0 Å². The summed E-state index contributed by atoms with van der Waals surface area (Å²) >= 11 is 0. The molecule has 0 bridgehead atoms. The van der Waals surface area contributed by atoms with Crippen LogP contribution in [0.25, 0.3) is 10.8 Å². The average Bonchev–Trinajstić information content (AvgIpc) is 2.86. The van der Waals surface area contributed by atoms with Crippen LogP contribution in [0, 0.1) is 11.3 Å². The van der Waals surface area contributed by atoms with Crippen LogP contribution in [0.5, 0.6) is 0 Å². The molecule has 0 N–H and O–H groups in total. The Bertz CT molecular complexity index is 760. The molecule has 3 rings (SSSR count). The van der Waals surface area contributed by atoms with Gasteiger partial charge in [-0.05, 0) is 16.3 Å². The molecule has 1 aromatic heterocycles. The van der Waals surface area contributed by atoms with Gasteiger partial charge in [0.1, 0.15) is 11.7 Å². The molecule has 0 radical (unpaired) electrons. The molecule has 0 saturated heterocycles. The maximum Gasteiger partial charge on any atom is 0.130 e. The van der Waals surface area contributed by atoms with Crippen LogP contribution in [0.4, 0.5) is 0 Å². The SMILES string of the molecule is Cn1ccnc1C(C#N)c1cccc2ccccc12. The van der Waals surface area contributed by atoms with E-state index < -0.39 is 0 Å². The quantitative estimate of drug-likeness (QED) is 0.697. The molecular formula is C16H13N3. The molecular weight excluding hydrogens is 234 g/mol. The van der Waals surface area contributed by atoms with Crippen LogP contribution in [0.3, 0.4) is 0 Å². The Labute approximate surface area is 111 Å². The lowest BCUT2D eigenvalue weighted by Gasteiger charge is -2.12. The molecule has 19 heavy (non-hydrogen) atoms. The first-order chi connectivity index (χ1) is 9.31. The fourth-order valence-corrected chi connectivity index (χ4v) is 2.42. The van der Waals surface area contributed by atoms with E-state index in [0.717, 1.165) is 22.2 Å². The van der Waals surface area contributed by atoms with Gasteiger partial charge in [-0.25, -0.2) is 4.98 Å². The third-order valence-corrected chi connectivity index (χ3v) is 3.38. The molecule has 0 aliphatic rings. The van der Waals surface area contributed by atoms with Crippen molar-refractivity contribution in [3.63, 3.8) is 0 Å². The highest BCUT2D eigenvalue weighted by Crippen LogP contribution is 2.29. The van der Waals surface area contributed by atoms with E-state index in [2.05, 4.69) is 29.3 Å². The number of aryl methyl sites for hydroxylation is 1. The molecule has 0 aliphatic heterocycles. The second kappa shape index (κ2) is 4.58. The highest BCUT2D eigenvalue weighted by molar-refractivity contribution is 5.86. The zero-order chi connectivity index (χ0) is 13.2. The zero-order valence-corrected chi connectivity index (χ0v) is 10.6. The van der Waals surface area contributed by atoms with Gasteiger partial charge in [-0.1, -0.05) is 42.5 Å². The Morgan fingerprint density at radius 1 is 1.16 bits per heavy atom. The Hall–Kier alpha value is -2.60. The van der Waals surface area contributed by atoms with Crippen LogP contribution in [0.1, 0.15) is 17.3 Å². The van der Waals surface area contributed by atoms with E-state index in [1.165, 1.54) is 0 Å². The van der Waals surface area contributed by atoms with Gasteiger partial charge in [-0.15, -0.1) is 0 Å². The number of nitrogens with zero attached hydrogens (tertiary/aromatic N) is 3. The molecule has 3 heteroatoms. The molecule has 0 fully saturated rings. The molecule has 2 aromatic carbocycles. The molecule has 3 aromatic rings. The predicted molar refractivity (Wildman–Crippen MR) is 74.6 cm³/mol. The normalized spacial score (nSPS) is 12.2. The van der Waals surface area contributed by atoms with E-state index in [4.69, 9.17) is 0 Å². The molecule has 1 heterocycles. The topological polar surface area (TPSA) is 41.6 Å². The number of fused-ring (bicyclic) bond motifs is 1.